The van der Waals surface area contributed by atoms with Gasteiger partial charge in [0, 0.05) is 25.0 Å². The molecule has 0 bridgehead atoms. The maximum absolute atomic E-state index is 12.4. The van der Waals surface area contributed by atoms with Crippen LogP contribution in [0.1, 0.15) is 39.5 Å². The van der Waals surface area contributed by atoms with Gasteiger partial charge in [-0.05, 0) is 43.4 Å². The molecule has 1 heterocycles. The third kappa shape index (κ3) is 2.99. The molecule has 0 saturated heterocycles. The summed E-state index contributed by atoms with van der Waals surface area (Å²) in [6.45, 7) is 5.00. The van der Waals surface area contributed by atoms with E-state index in [-0.39, 0.29) is 5.56 Å². The van der Waals surface area contributed by atoms with Crippen LogP contribution < -0.4 is 10.9 Å². The summed E-state index contributed by atoms with van der Waals surface area (Å²) in [4.78, 5) is 16.6. The first-order chi connectivity index (χ1) is 9.15. The highest BCUT2D eigenvalue weighted by molar-refractivity contribution is 5.34. The number of nitrogens with zero attached hydrogens (tertiary/aromatic N) is 2. The van der Waals surface area contributed by atoms with Gasteiger partial charge in [-0.3, -0.25) is 4.79 Å². The van der Waals surface area contributed by atoms with E-state index >= 15 is 0 Å². The van der Waals surface area contributed by atoms with Gasteiger partial charge in [-0.15, -0.1) is 0 Å². The van der Waals surface area contributed by atoms with Gasteiger partial charge in [0.15, 0.2) is 5.82 Å². The van der Waals surface area contributed by atoms with Crippen molar-refractivity contribution in [2.75, 3.05) is 5.32 Å². The topological polar surface area (TPSA) is 46.9 Å². The largest absolute Gasteiger partial charge is 0.362 e. The molecule has 0 aliphatic heterocycles. The Morgan fingerprint density at radius 1 is 1.32 bits per heavy atom. The average molecular weight is 261 g/mol. The Balaban J connectivity index is 1.78. The van der Waals surface area contributed by atoms with Crippen LogP contribution in [-0.4, -0.2) is 15.6 Å². The highest BCUT2D eigenvalue weighted by Gasteiger charge is 2.41. The molecule has 3 rings (SSSR count). The Hall–Kier alpha value is -1.32. The van der Waals surface area contributed by atoms with Gasteiger partial charge < -0.3 is 9.88 Å². The molecule has 4 nitrogen and oxygen atoms in total. The summed E-state index contributed by atoms with van der Waals surface area (Å²) in [5.74, 6) is 2.56. The summed E-state index contributed by atoms with van der Waals surface area (Å²) in [7, 11) is 0. The van der Waals surface area contributed by atoms with E-state index in [2.05, 4.69) is 24.1 Å². The van der Waals surface area contributed by atoms with Gasteiger partial charge in [-0.25, -0.2) is 4.98 Å². The van der Waals surface area contributed by atoms with Gasteiger partial charge in [0.05, 0.1) is 0 Å². The van der Waals surface area contributed by atoms with Crippen LogP contribution in [0.15, 0.2) is 17.2 Å². The Kier molecular flexibility index (Phi) is 3.33. The molecule has 2 aliphatic rings. The highest BCUT2D eigenvalue weighted by atomic mass is 16.1. The molecule has 0 amide bonds. The summed E-state index contributed by atoms with van der Waals surface area (Å²) in [5, 5.41) is 3.44. The maximum Gasteiger partial charge on any atom is 0.293 e. The molecular formula is C15H23N3O. The molecule has 1 aromatic heterocycles. The predicted octanol–water partition coefficient (Wildman–Crippen LogP) is 2.50. The van der Waals surface area contributed by atoms with E-state index in [0.717, 1.165) is 18.4 Å². The quantitative estimate of drug-likeness (QED) is 0.856. The molecule has 4 heteroatoms. The standard InChI is InChI=1S/C15H23N3O/c1-10(2)9-18-8-7-16-14(15(18)19)17-13(11-3-4-11)12-5-6-12/h7-8,10-13H,3-6,9H2,1-2H3,(H,16,17). The van der Waals surface area contributed by atoms with Gasteiger partial charge in [0.25, 0.3) is 5.56 Å². The number of aromatic nitrogens is 2. The second kappa shape index (κ2) is 4.99. The first-order valence-electron chi connectivity index (χ1n) is 7.47. The van der Waals surface area contributed by atoms with Crippen LogP contribution in [0.5, 0.6) is 0 Å². The molecule has 2 aliphatic carbocycles. The minimum atomic E-state index is 0.0301. The Morgan fingerprint density at radius 2 is 1.95 bits per heavy atom. The van der Waals surface area contributed by atoms with E-state index in [4.69, 9.17) is 0 Å². The van der Waals surface area contributed by atoms with Gasteiger partial charge in [-0.2, -0.15) is 0 Å². The molecule has 104 valence electrons. The molecule has 0 radical (unpaired) electrons. The van der Waals surface area contributed by atoms with E-state index < -0.39 is 0 Å². The fraction of sp³-hybridized carbons (Fsp3) is 0.733. The fourth-order valence-corrected chi connectivity index (χ4v) is 2.77. The zero-order valence-corrected chi connectivity index (χ0v) is 11.8. The minimum absolute atomic E-state index is 0.0301. The number of anilines is 1. The highest BCUT2D eigenvalue weighted by Crippen LogP contribution is 2.45. The lowest BCUT2D eigenvalue weighted by Gasteiger charge is -2.18. The van der Waals surface area contributed by atoms with Crippen LogP contribution in [0.25, 0.3) is 0 Å². The van der Waals surface area contributed by atoms with Gasteiger partial charge in [-0.1, -0.05) is 13.8 Å². The third-order valence-corrected chi connectivity index (χ3v) is 4.04. The lowest BCUT2D eigenvalue weighted by atomic mass is 10.1. The van der Waals surface area contributed by atoms with Crippen LogP contribution >= 0.6 is 0 Å². The van der Waals surface area contributed by atoms with Crippen LogP contribution in [0, 0.1) is 17.8 Å². The number of hydrogen-bond donors (Lipinski definition) is 1. The fourth-order valence-electron chi connectivity index (χ4n) is 2.77. The molecule has 1 N–H and O–H groups in total. The Bertz CT molecular complexity index is 488. The van der Waals surface area contributed by atoms with E-state index in [9.17, 15) is 4.79 Å². The second-order valence-corrected chi connectivity index (χ2v) is 6.47. The van der Waals surface area contributed by atoms with Crippen LogP contribution in [0.4, 0.5) is 5.82 Å². The first kappa shape index (κ1) is 12.7. The van der Waals surface area contributed by atoms with Crippen molar-refractivity contribution in [2.45, 2.75) is 52.1 Å². The molecule has 2 saturated carbocycles. The number of hydrogen-bond acceptors (Lipinski definition) is 3. The third-order valence-electron chi connectivity index (χ3n) is 4.04. The number of nitrogens with one attached hydrogen (secondary N) is 1. The lowest BCUT2D eigenvalue weighted by molar-refractivity contribution is 0.507. The summed E-state index contributed by atoms with van der Waals surface area (Å²) in [6.07, 6.45) is 8.75. The van der Waals surface area contributed by atoms with Crippen LogP contribution in [0.3, 0.4) is 0 Å². The van der Waals surface area contributed by atoms with Crippen LogP contribution in [-0.2, 0) is 6.54 Å². The Labute approximate surface area is 114 Å². The molecule has 19 heavy (non-hydrogen) atoms. The van der Waals surface area contributed by atoms with Crippen molar-refractivity contribution in [3.05, 3.63) is 22.7 Å². The Morgan fingerprint density at radius 3 is 2.47 bits per heavy atom. The van der Waals surface area contributed by atoms with Crippen molar-refractivity contribution >= 4 is 5.82 Å². The van der Waals surface area contributed by atoms with Crippen molar-refractivity contribution in [1.82, 2.24) is 9.55 Å². The smallest absolute Gasteiger partial charge is 0.293 e. The molecule has 2 fully saturated rings. The monoisotopic (exact) mass is 261 g/mol. The summed E-state index contributed by atoms with van der Waals surface area (Å²) in [6, 6.07) is 0.482. The van der Waals surface area contributed by atoms with E-state index in [1.807, 2.05) is 0 Å². The zero-order valence-electron chi connectivity index (χ0n) is 11.8. The van der Waals surface area contributed by atoms with Gasteiger partial charge in [0.2, 0.25) is 0 Å². The van der Waals surface area contributed by atoms with Crippen molar-refractivity contribution in [2.24, 2.45) is 17.8 Å². The van der Waals surface area contributed by atoms with Gasteiger partial charge in [0.1, 0.15) is 0 Å². The van der Waals surface area contributed by atoms with E-state index in [0.29, 0.717) is 17.8 Å². The predicted molar refractivity (Wildman–Crippen MR) is 76.2 cm³/mol. The molecule has 0 atom stereocenters. The average Bonchev–Trinajstić information content (AvgIpc) is 3.24. The summed E-state index contributed by atoms with van der Waals surface area (Å²) >= 11 is 0. The molecule has 1 aromatic rings. The van der Waals surface area contributed by atoms with Gasteiger partial charge >= 0.3 is 0 Å². The minimum Gasteiger partial charge on any atom is -0.362 e. The second-order valence-electron chi connectivity index (χ2n) is 6.47. The zero-order chi connectivity index (χ0) is 13.4. The van der Waals surface area contributed by atoms with Crippen molar-refractivity contribution in [3.8, 4) is 0 Å². The van der Waals surface area contributed by atoms with Crippen molar-refractivity contribution < 1.29 is 0 Å². The number of rotatable bonds is 6. The maximum atomic E-state index is 12.4. The summed E-state index contributed by atoms with van der Waals surface area (Å²) < 4.78 is 1.77. The van der Waals surface area contributed by atoms with Crippen molar-refractivity contribution in [3.63, 3.8) is 0 Å². The lowest BCUT2D eigenvalue weighted by Crippen LogP contribution is -2.32. The van der Waals surface area contributed by atoms with E-state index in [1.165, 1.54) is 25.7 Å². The van der Waals surface area contributed by atoms with Crippen molar-refractivity contribution in [1.29, 1.82) is 0 Å². The summed E-state index contributed by atoms with van der Waals surface area (Å²) in [5.41, 5.74) is 0.0301. The molecule has 0 spiro atoms. The molecule has 0 aromatic carbocycles. The SMILES string of the molecule is CC(C)Cn1ccnc(NC(C2CC2)C2CC2)c1=O. The first-order valence-corrected chi connectivity index (χ1v) is 7.47. The molecular weight excluding hydrogens is 238 g/mol. The van der Waals surface area contributed by atoms with E-state index in [1.54, 1.807) is 17.0 Å². The van der Waals surface area contributed by atoms with Crippen LogP contribution in [0.2, 0.25) is 0 Å². The molecule has 0 unspecified atom stereocenters. The normalized spacial score (nSPS) is 19.2.